The van der Waals surface area contributed by atoms with Gasteiger partial charge >= 0.3 is 5.97 Å². The Morgan fingerprint density at radius 3 is 2.50 bits per heavy atom. The molecule has 1 atom stereocenters. The number of rotatable bonds is 7. The third-order valence-corrected chi connectivity index (χ3v) is 3.22. The van der Waals surface area contributed by atoms with Gasteiger partial charge in [0.15, 0.2) is 0 Å². The van der Waals surface area contributed by atoms with Crippen molar-refractivity contribution in [3.8, 4) is 0 Å². The van der Waals surface area contributed by atoms with Gasteiger partial charge in [-0.2, -0.15) is 0 Å². The van der Waals surface area contributed by atoms with Gasteiger partial charge in [-0.3, -0.25) is 9.59 Å². The van der Waals surface area contributed by atoms with Crippen LogP contribution in [0, 0.1) is 0 Å². The lowest BCUT2D eigenvalue weighted by atomic mass is 10.0. The van der Waals surface area contributed by atoms with E-state index in [1.165, 1.54) is 7.11 Å². The molecule has 1 N–H and O–H groups in total. The maximum absolute atomic E-state index is 11.8. The molecule has 20 heavy (non-hydrogen) atoms. The Balaban J connectivity index is 2.76. The van der Waals surface area contributed by atoms with Gasteiger partial charge in [-0.1, -0.05) is 37.1 Å². The van der Waals surface area contributed by atoms with Crippen LogP contribution in [0.4, 0.5) is 0 Å². The third kappa shape index (κ3) is 5.61. The summed E-state index contributed by atoms with van der Waals surface area (Å²) >= 11 is 5.84. The van der Waals surface area contributed by atoms with Crippen molar-refractivity contribution in [1.29, 1.82) is 0 Å². The third-order valence-electron chi connectivity index (χ3n) is 2.96. The monoisotopic (exact) mass is 297 g/mol. The molecular formula is C15H20ClNO3. The SMILES string of the molecule is CCCCC(=O)NC(CC(=O)OC)c1ccc(Cl)cc1. The minimum absolute atomic E-state index is 0.0595. The average molecular weight is 298 g/mol. The molecule has 1 amide bonds. The van der Waals surface area contributed by atoms with E-state index in [9.17, 15) is 9.59 Å². The molecule has 1 aromatic carbocycles. The Hall–Kier alpha value is -1.55. The Labute approximate surface area is 124 Å². The lowest BCUT2D eigenvalue weighted by molar-refractivity contribution is -0.141. The molecule has 0 radical (unpaired) electrons. The quantitative estimate of drug-likeness (QED) is 0.786. The summed E-state index contributed by atoms with van der Waals surface area (Å²) < 4.78 is 4.67. The van der Waals surface area contributed by atoms with Crippen LogP contribution in [0.25, 0.3) is 0 Å². The standard InChI is InChI=1S/C15H20ClNO3/c1-3-4-5-14(18)17-13(10-15(19)20-2)11-6-8-12(16)9-7-11/h6-9,13H,3-5,10H2,1-2H3,(H,17,18). The Morgan fingerprint density at radius 1 is 1.30 bits per heavy atom. The molecule has 0 aliphatic carbocycles. The number of hydrogen-bond donors (Lipinski definition) is 1. The first-order valence-electron chi connectivity index (χ1n) is 6.68. The molecule has 0 bridgehead atoms. The van der Waals surface area contributed by atoms with Gasteiger partial charge < -0.3 is 10.1 Å². The zero-order chi connectivity index (χ0) is 15.0. The van der Waals surface area contributed by atoms with E-state index in [-0.39, 0.29) is 24.3 Å². The average Bonchev–Trinajstić information content (AvgIpc) is 2.45. The van der Waals surface area contributed by atoms with Crippen LogP contribution in [0.1, 0.15) is 44.2 Å². The Kier molecular flexibility index (Phi) is 7.09. The van der Waals surface area contributed by atoms with Crippen LogP contribution in [0.3, 0.4) is 0 Å². The Morgan fingerprint density at radius 2 is 1.95 bits per heavy atom. The molecule has 0 saturated heterocycles. The van der Waals surface area contributed by atoms with E-state index in [4.69, 9.17) is 11.6 Å². The normalized spacial score (nSPS) is 11.8. The number of benzene rings is 1. The van der Waals surface area contributed by atoms with Crippen molar-refractivity contribution in [3.63, 3.8) is 0 Å². The first-order valence-corrected chi connectivity index (χ1v) is 7.06. The molecule has 0 aromatic heterocycles. The van der Waals surface area contributed by atoms with Crippen molar-refractivity contribution in [1.82, 2.24) is 5.32 Å². The largest absolute Gasteiger partial charge is 0.469 e. The van der Waals surface area contributed by atoms with Crippen LogP contribution >= 0.6 is 11.6 Å². The molecule has 110 valence electrons. The first kappa shape index (κ1) is 16.5. The molecule has 4 nitrogen and oxygen atoms in total. The first-order chi connectivity index (χ1) is 9.56. The van der Waals surface area contributed by atoms with E-state index >= 15 is 0 Å². The summed E-state index contributed by atoms with van der Waals surface area (Å²) in [5.74, 6) is -0.420. The molecule has 0 aliphatic rings. The number of ether oxygens (including phenoxy) is 1. The minimum atomic E-state index is -0.385. The molecule has 1 rings (SSSR count). The summed E-state index contributed by atoms with van der Waals surface area (Å²) in [5, 5.41) is 3.48. The van der Waals surface area contributed by atoms with Crippen molar-refractivity contribution >= 4 is 23.5 Å². The highest BCUT2D eigenvalue weighted by Gasteiger charge is 2.18. The van der Waals surface area contributed by atoms with Crippen LogP contribution in [0.2, 0.25) is 5.02 Å². The maximum atomic E-state index is 11.8. The van der Waals surface area contributed by atoms with Crippen molar-refractivity contribution in [2.45, 2.75) is 38.6 Å². The molecule has 0 fully saturated rings. The van der Waals surface area contributed by atoms with Crippen LogP contribution in [0.5, 0.6) is 0 Å². The van der Waals surface area contributed by atoms with Gasteiger partial charge in [0.05, 0.1) is 19.6 Å². The van der Waals surface area contributed by atoms with Gasteiger partial charge in [0.25, 0.3) is 0 Å². The number of carbonyl (C=O) groups is 2. The second kappa shape index (κ2) is 8.59. The Bertz CT molecular complexity index is 445. The summed E-state index contributed by atoms with van der Waals surface area (Å²) in [6.45, 7) is 2.03. The highest BCUT2D eigenvalue weighted by Crippen LogP contribution is 2.20. The highest BCUT2D eigenvalue weighted by molar-refractivity contribution is 6.30. The van der Waals surface area contributed by atoms with E-state index in [1.54, 1.807) is 24.3 Å². The molecule has 0 heterocycles. The van der Waals surface area contributed by atoms with Crippen molar-refractivity contribution in [2.24, 2.45) is 0 Å². The summed E-state index contributed by atoms with van der Waals surface area (Å²) in [6.07, 6.45) is 2.35. The minimum Gasteiger partial charge on any atom is -0.469 e. The molecule has 5 heteroatoms. The van der Waals surface area contributed by atoms with E-state index in [2.05, 4.69) is 10.1 Å². The van der Waals surface area contributed by atoms with E-state index < -0.39 is 0 Å². The summed E-state index contributed by atoms with van der Waals surface area (Å²) in [5.41, 5.74) is 0.838. The number of halogens is 1. The number of esters is 1. The summed E-state index contributed by atoms with van der Waals surface area (Å²) in [7, 11) is 1.33. The second-order valence-corrected chi connectivity index (χ2v) is 4.99. The number of unbranched alkanes of at least 4 members (excludes halogenated alkanes) is 1. The van der Waals surface area contributed by atoms with Crippen LogP contribution in [-0.2, 0) is 14.3 Å². The molecular weight excluding hydrogens is 278 g/mol. The van der Waals surface area contributed by atoms with E-state index in [0.717, 1.165) is 18.4 Å². The smallest absolute Gasteiger partial charge is 0.307 e. The van der Waals surface area contributed by atoms with Crippen molar-refractivity contribution in [3.05, 3.63) is 34.9 Å². The maximum Gasteiger partial charge on any atom is 0.307 e. The molecule has 0 spiro atoms. The topological polar surface area (TPSA) is 55.4 Å². The van der Waals surface area contributed by atoms with Crippen LogP contribution in [0.15, 0.2) is 24.3 Å². The molecule has 0 aliphatic heterocycles. The fourth-order valence-electron chi connectivity index (χ4n) is 1.80. The predicted octanol–water partition coefficient (Wildman–Crippen LogP) is 3.25. The van der Waals surface area contributed by atoms with Crippen molar-refractivity contribution < 1.29 is 14.3 Å². The van der Waals surface area contributed by atoms with Crippen LogP contribution < -0.4 is 5.32 Å². The van der Waals surface area contributed by atoms with Gasteiger partial charge in [0.2, 0.25) is 5.91 Å². The summed E-state index contributed by atoms with van der Waals surface area (Å²) in [4.78, 5) is 23.3. The fraction of sp³-hybridized carbons (Fsp3) is 0.467. The summed E-state index contributed by atoms with van der Waals surface area (Å²) in [6, 6.07) is 6.69. The lowest BCUT2D eigenvalue weighted by Gasteiger charge is -2.18. The zero-order valence-electron chi connectivity index (χ0n) is 11.8. The van der Waals surface area contributed by atoms with Gasteiger partial charge in [0, 0.05) is 11.4 Å². The van der Waals surface area contributed by atoms with Gasteiger partial charge in [-0.05, 0) is 24.1 Å². The number of carbonyl (C=O) groups excluding carboxylic acids is 2. The highest BCUT2D eigenvalue weighted by atomic mass is 35.5. The van der Waals surface area contributed by atoms with E-state index in [1.807, 2.05) is 6.92 Å². The number of amides is 1. The molecule has 0 saturated carbocycles. The number of methoxy groups -OCH3 is 1. The van der Waals surface area contributed by atoms with Gasteiger partial charge in [-0.15, -0.1) is 0 Å². The van der Waals surface area contributed by atoms with Crippen LogP contribution in [-0.4, -0.2) is 19.0 Å². The predicted molar refractivity (Wildman–Crippen MR) is 78.5 cm³/mol. The van der Waals surface area contributed by atoms with Gasteiger partial charge in [0.1, 0.15) is 0 Å². The zero-order valence-corrected chi connectivity index (χ0v) is 12.6. The molecule has 1 unspecified atom stereocenters. The van der Waals surface area contributed by atoms with E-state index in [0.29, 0.717) is 11.4 Å². The van der Waals surface area contributed by atoms with Crippen molar-refractivity contribution in [2.75, 3.05) is 7.11 Å². The lowest BCUT2D eigenvalue weighted by Crippen LogP contribution is -2.30. The van der Waals surface area contributed by atoms with Gasteiger partial charge in [-0.25, -0.2) is 0 Å². The fourth-order valence-corrected chi connectivity index (χ4v) is 1.93. The number of nitrogens with one attached hydrogen (secondary N) is 1. The molecule has 1 aromatic rings. The number of hydrogen-bond acceptors (Lipinski definition) is 3. The second-order valence-electron chi connectivity index (χ2n) is 4.56.